The number of alkyl halides is 1. The molecule has 0 fully saturated rings. The van der Waals surface area contributed by atoms with Gasteiger partial charge in [0.25, 0.3) is 0 Å². The molecule has 0 spiro atoms. The zero-order valence-corrected chi connectivity index (χ0v) is 16.2. The maximum atomic E-state index is 12.5. The summed E-state index contributed by atoms with van der Waals surface area (Å²) in [4.78, 5) is 36.2. The van der Waals surface area contributed by atoms with Gasteiger partial charge in [-0.2, -0.15) is 0 Å². The molecular formula is C20H22ClN3O4. The fourth-order valence-electron chi connectivity index (χ4n) is 2.45. The molecule has 0 aromatic heterocycles. The van der Waals surface area contributed by atoms with Crippen LogP contribution in [0.4, 0.5) is 10.5 Å². The summed E-state index contributed by atoms with van der Waals surface area (Å²) < 4.78 is 5.20. The number of hydrogen-bond acceptors (Lipinski definition) is 4. The van der Waals surface area contributed by atoms with Crippen molar-refractivity contribution in [3.8, 4) is 0 Å². The Morgan fingerprint density at radius 3 is 2.50 bits per heavy atom. The molecule has 0 aliphatic rings. The van der Waals surface area contributed by atoms with Gasteiger partial charge in [0.1, 0.15) is 18.5 Å². The van der Waals surface area contributed by atoms with Gasteiger partial charge in [-0.3, -0.25) is 9.59 Å². The first-order valence-electron chi connectivity index (χ1n) is 8.74. The van der Waals surface area contributed by atoms with Crippen molar-refractivity contribution in [2.24, 2.45) is 0 Å². The lowest BCUT2D eigenvalue weighted by molar-refractivity contribution is -0.123. The second-order valence-electron chi connectivity index (χ2n) is 5.84. The summed E-state index contributed by atoms with van der Waals surface area (Å²) in [6, 6.07) is 14.8. The quantitative estimate of drug-likeness (QED) is 0.590. The zero-order chi connectivity index (χ0) is 20.4. The molecule has 1 atom stereocenters. The van der Waals surface area contributed by atoms with Gasteiger partial charge in [0.15, 0.2) is 0 Å². The van der Waals surface area contributed by atoms with Crippen molar-refractivity contribution in [1.82, 2.24) is 10.6 Å². The van der Waals surface area contributed by atoms with E-state index in [-0.39, 0.29) is 24.3 Å². The minimum atomic E-state index is -0.976. The predicted octanol–water partition coefficient (Wildman–Crippen LogP) is 2.97. The number of alkyl carbamates (subject to hydrolysis) is 1. The number of amides is 3. The average molecular weight is 404 g/mol. The Morgan fingerprint density at radius 2 is 1.82 bits per heavy atom. The number of benzene rings is 2. The van der Waals surface area contributed by atoms with Gasteiger partial charge in [0.2, 0.25) is 11.8 Å². The van der Waals surface area contributed by atoms with E-state index >= 15 is 0 Å². The highest BCUT2D eigenvalue weighted by Crippen LogP contribution is 2.19. The van der Waals surface area contributed by atoms with Gasteiger partial charge in [0, 0.05) is 12.2 Å². The highest BCUT2D eigenvalue weighted by Gasteiger charge is 2.23. The third-order valence-electron chi connectivity index (χ3n) is 3.71. The van der Waals surface area contributed by atoms with Crippen LogP contribution in [0.3, 0.4) is 0 Å². The molecule has 148 valence electrons. The molecular weight excluding hydrogens is 382 g/mol. The monoisotopic (exact) mass is 403 g/mol. The van der Waals surface area contributed by atoms with E-state index in [9.17, 15) is 14.4 Å². The highest BCUT2D eigenvalue weighted by molar-refractivity contribution is 6.29. The molecule has 7 nitrogen and oxygen atoms in total. The van der Waals surface area contributed by atoms with Crippen LogP contribution in [0.25, 0.3) is 0 Å². The summed E-state index contributed by atoms with van der Waals surface area (Å²) in [5.41, 5.74) is 1.80. The van der Waals surface area contributed by atoms with Gasteiger partial charge >= 0.3 is 6.09 Å². The average Bonchev–Trinajstić information content (AvgIpc) is 2.71. The van der Waals surface area contributed by atoms with Gasteiger partial charge in [-0.15, -0.1) is 11.6 Å². The van der Waals surface area contributed by atoms with E-state index in [2.05, 4.69) is 16.0 Å². The Hall–Kier alpha value is -3.06. The van der Waals surface area contributed by atoms with Crippen LogP contribution in [0.1, 0.15) is 24.1 Å². The Labute approximate surface area is 168 Å². The molecule has 0 aliphatic carbocycles. The second kappa shape index (κ2) is 10.9. The molecule has 0 saturated heterocycles. The smallest absolute Gasteiger partial charge is 0.408 e. The second-order valence-corrected chi connectivity index (χ2v) is 6.11. The number of nitrogens with one attached hydrogen (secondary N) is 3. The summed E-state index contributed by atoms with van der Waals surface area (Å²) in [7, 11) is 0. The summed E-state index contributed by atoms with van der Waals surface area (Å²) in [6.45, 7) is 2.26. The van der Waals surface area contributed by atoms with Crippen molar-refractivity contribution in [3.63, 3.8) is 0 Å². The van der Waals surface area contributed by atoms with Crippen LogP contribution < -0.4 is 16.0 Å². The molecule has 2 aromatic rings. The third-order valence-corrected chi connectivity index (χ3v) is 3.96. The van der Waals surface area contributed by atoms with Crippen molar-refractivity contribution < 1.29 is 19.1 Å². The molecule has 0 bridgehead atoms. The Bertz CT molecular complexity index is 814. The number of halogens is 1. The Kier molecular flexibility index (Phi) is 8.30. The molecule has 0 radical (unpaired) electrons. The minimum Gasteiger partial charge on any atom is -0.445 e. The lowest BCUT2D eigenvalue weighted by Crippen LogP contribution is -2.40. The molecule has 0 heterocycles. The van der Waals surface area contributed by atoms with Crippen LogP contribution >= 0.6 is 11.6 Å². The van der Waals surface area contributed by atoms with E-state index in [1.54, 1.807) is 31.2 Å². The molecule has 0 saturated carbocycles. The Morgan fingerprint density at radius 1 is 1.07 bits per heavy atom. The molecule has 3 amide bonds. The third kappa shape index (κ3) is 6.59. The maximum Gasteiger partial charge on any atom is 0.408 e. The van der Waals surface area contributed by atoms with Gasteiger partial charge < -0.3 is 20.7 Å². The van der Waals surface area contributed by atoms with Crippen LogP contribution in [0.15, 0.2) is 54.6 Å². The number of carbonyl (C=O) groups is 3. The lowest BCUT2D eigenvalue weighted by atomic mass is 10.1. The molecule has 0 aliphatic heterocycles. The lowest BCUT2D eigenvalue weighted by Gasteiger charge is -2.19. The van der Waals surface area contributed by atoms with E-state index in [0.717, 1.165) is 5.56 Å². The standard InChI is InChI=1S/C20H22ClN3O4/c1-2-22-19(26)18(15-9-6-10-16(11-15)23-17(25)12-21)24-20(27)28-13-14-7-4-3-5-8-14/h3-11,18H,2,12-13H2,1H3,(H,22,26)(H,23,25)(H,24,27)/t18-/m0/s1. The maximum absolute atomic E-state index is 12.5. The molecule has 3 N–H and O–H groups in total. The fourth-order valence-corrected chi connectivity index (χ4v) is 2.52. The number of ether oxygens (including phenoxy) is 1. The fraction of sp³-hybridized carbons (Fsp3) is 0.250. The van der Waals surface area contributed by atoms with Crippen LogP contribution in [-0.2, 0) is 20.9 Å². The van der Waals surface area contributed by atoms with E-state index in [1.807, 2.05) is 30.3 Å². The molecule has 0 unspecified atom stereocenters. The zero-order valence-electron chi connectivity index (χ0n) is 15.4. The number of hydrogen-bond donors (Lipinski definition) is 3. The van der Waals surface area contributed by atoms with Crippen molar-refractivity contribution in [3.05, 3.63) is 65.7 Å². The molecule has 8 heteroatoms. The molecule has 28 heavy (non-hydrogen) atoms. The first kappa shape index (κ1) is 21.2. The van der Waals surface area contributed by atoms with Crippen molar-refractivity contribution in [2.75, 3.05) is 17.7 Å². The highest BCUT2D eigenvalue weighted by atomic mass is 35.5. The van der Waals surface area contributed by atoms with Crippen LogP contribution in [0.5, 0.6) is 0 Å². The van der Waals surface area contributed by atoms with Crippen LogP contribution in [-0.4, -0.2) is 30.3 Å². The van der Waals surface area contributed by atoms with Gasteiger partial charge in [-0.1, -0.05) is 42.5 Å². The summed E-state index contributed by atoms with van der Waals surface area (Å²) >= 11 is 5.50. The van der Waals surface area contributed by atoms with E-state index in [4.69, 9.17) is 16.3 Å². The Balaban J connectivity index is 2.11. The number of carbonyl (C=O) groups excluding carboxylic acids is 3. The first-order valence-corrected chi connectivity index (χ1v) is 9.27. The number of likely N-dealkylation sites (N-methyl/N-ethyl adjacent to an activating group) is 1. The van der Waals surface area contributed by atoms with Crippen molar-refractivity contribution in [1.29, 1.82) is 0 Å². The summed E-state index contributed by atoms with van der Waals surface area (Å²) in [6.07, 6.45) is -0.727. The van der Waals surface area contributed by atoms with E-state index < -0.39 is 12.1 Å². The van der Waals surface area contributed by atoms with E-state index in [0.29, 0.717) is 17.8 Å². The van der Waals surface area contributed by atoms with E-state index in [1.165, 1.54) is 0 Å². The van der Waals surface area contributed by atoms with Crippen molar-refractivity contribution >= 4 is 35.2 Å². The minimum absolute atomic E-state index is 0.0839. The van der Waals surface area contributed by atoms with Gasteiger partial charge in [0.05, 0.1) is 0 Å². The molecule has 2 rings (SSSR count). The van der Waals surface area contributed by atoms with Crippen LogP contribution in [0, 0.1) is 0 Å². The number of rotatable bonds is 8. The van der Waals surface area contributed by atoms with Crippen molar-refractivity contribution in [2.45, 2.75) is 19.6 Å². The largest absolute Gasteiger partial charge is 0.445 e. The van der Waals surface area contributed by atoms with Gasteiger partial charge in [-0.05, 0) is 30.2 Å². The normalized spacial score (nSPS) is 11.2. The summed E-state index contributed by atoms with van der Waals surface area (Å²) in [5, 5.41) is 7.86. The first-order chi connectivity index (χ1) is 13.5. The van der Waals surface area contributed by atoms with Gasteiger partial charge in [-0.25, -0.2) is 4.79 Å². The topological polar surface area (TPSA) is 96.5 Å². The van der Waals surface area contributed by atoms with Crippen LogP contribution in [0.2, 0.25) is 0 Å². The summed E-state index contributed by atoms with van der Waals surface area (Å²) in [5.74, 6) is -0.947. The SMILES string of the molecule is CCNC(=O)[C@@H](NC(=O)OCc1ccccc1)c1cccc(NC(=O)CCl)c1. The predicted molar refractivity (Wildman–Crippen MR) is 107 cm³/mol. The molecule has 2 aromatic carbocycles. The number of anilines is 1.